The van der Waals surface area contributed by atoms with E-state index in [1.165, 1.54) is 64.2 Å². The average Bonchev–Trinajstić information content (AvgIpc) is 2.94. The molecule has 0 aromatic heterocycles. The van der Waals surface area contributed by atoms with E-state index in [0.29, 0.717) is 6.61 Å². The van der Waals surface area contributed by atoms with Gasteiger partial charge in [0.25, 0.3) is 0 Å². The van der Waals surface area contributed by atoms with Gasteiger partial charge < -0.3 is 14.6 Å². The highest BCUT2D eigenvalue weighted by Gasteiger charge is 2.44. The predicted molar refractivity (Wildman–Crippen MR) is 89.9 cm³/mol. The number of hydrogen-bond donors (Lipinski definition) is 1. The first-order chi connectivity index (χ1) is 10.8. The van der Waals surface area contributed by atoms with E-state index in [1.807, 2.05) is 0 Å². The lowest BCUT2D eigenvalue weighted by molar-refractivity contribution is -0.195. The standard InChI is InChI=1S/C19H36O3/c1-2-3-4-5-6-7-8-10-13-17(20)18-16-21-19(22-18)14-11-9-12-15-19/h17-18,20H,2-16H2,1H3/t17-,18+/m0/s1. The second-order valence-electron chi connectivity index (χ2n) is 7.27. The molecule has 1 saturated carbocycles. The van der Waals surface area contributed by atoms with Gasteiger partial charge >= 0.3 is 0 Å². The molecular weight excluding hydrogens is 276 g/mol. The Bertz CT molecular complexity index is 286. The summed E-state index contributed by atoms with van der Waals surface area (Å²) in [6.07, 6.45) is 16.6. The summed E-state index contributed by atoms with van der Waals surface area (Å²) in [5, 5.41) is 10.3. The topological polar surface area (TPSA) is 38.7 Å². The van der Waals surface area contributed by atoms with E-state index in [0.717, 1.165) is 25.7 Å². The number of rotatable bonds is 10. The van der Waals surface area contributed by atoms with Gasteiger partial charge in [-0.25, -0.2) is 0 Å². The molecule has 0 bridgehead atoms. The molecule has 1 N–H and O–H groups in total. The van der Waals surface area contributed by atoms with Crippen molar-refractivity contribution in [3.63, 3.8) is 0 Å². The fraction of sp³-hybridized carbons (Fsp3) is 1.00. The van der Waals surface area contributed by atoms with Crippen molar-refractivity contribution in [1.82, 2.24) is 0 Å². The lowest BCUT2D eigenvalue weighted by Crippen LogP contribution is -2.36. The van der Waals surface area contributed by atoms with Crippen molar-refractivity contribution in [2.45, 2.75) is 115 Å². The van der Waals surface area contributed by atoms with Crippen LogP contribution in [0.4, 0.5) is 0 Å². The van der Waals surface area contributed by atoms with Crippen LogP contribution in [0.15, 0.2) is 0 Å². The smallest absolute Gasteiger partial charge is 0.169 e. The molecule has 22 heavy (non-hydrogen) atoms. The zero-order chi connectivity index (χ0) is 15.7. The van der Waals surface area contributed by atoms with E-state index in [9.17, 15) is 5.11 Å². The molecule has 0 aromatic carbocycles. The van der Waals surface area contributed by atoms with Crippen molar-refractivity contribution in [3.05, 3.63) is 0 Å². The van der Waals surface area contributed by atoms with Crippen LogP contribution in [0.5, 0.6) is 0 Å². The minimum atomic E-state index is -0.346. The van der Waals surface area contributed by atoms with Crippen molar-refractivity contribution in [2.24, 2.45) is 0 Å². The third kappa shape index (κ3) is 5.82. The molecule has 0 unspecified atom stereocenters. The molecule has 1 aliphatic heterocycles. The monoisotopic (exact) mass is 312 g/mol. The van der Waals surface area contributed by atoms with Crippen LogP contribution in [0, 0.1) is 0 Å². The van der Waals surface area contributed by atoms with E-state index in [4.69, 9.17) is 9.47 Å². The fourth-order valence-electron chi connectivity index (χ4n) is 3.79. The minimum Gasteiger partial charge on any atom is -0.390 e. The predicted octanol–water partition coefficient (Wildman–Crippen LogP) is 4.95. The van der Waals surface area contributed by atoms with Crippen molar-refractivity contribution >= 4 is 0 Å². The Hall–Kier alpha value is -0.120. The van der Waals surface area contributed by atoms with E-state index in [-0.39, 0.29) is 18.0 Å². The molecule has 3 nitrogen and oxygen atoms in total. The molecule has 1 saturated heterocycles. The normalized spacial score (nSPS) is 25.6. The Morgan fingerprint density at radius 3 is 2.27 bits per heavy atom. The average molecular weight is 312 g/mol. The van der Waals surface area contributed by atoms with Crippen LogP contribution < -0.4 is 0 Å². The van der Waals surface area contributed by atoms with Gasteiger partial charge in [-0.2, -0.15) is 0 Å². The summed E-state index contributed by atoms with van der Waals surface area (Å²) in [7, 11) is 0. The molecule has 1 heterocycles. The van der Waals surface area contributed by atoms with Crippen LogP contribution in [-0.2, 0) is 9.47 Å². The summed E-state index contributed by atoms with van der Waals surface area (Å²) in [5.41, 5.74) is 0. The Balaban J connectivity index is 1.52. The van der Waals surface area contributed by atoms with Crippen molar-refractivity contribution < 1.29 is 14.6 Å². The van der Waals surface area contributed by atoms with Gasteiger partial charge in [-0.05, 0) is 19.3 Å². The molecule has 2 rings (SSSR count). The Kier molecular flexibility index (Phi) is 8.19. The lowest BCUT2D eigenvalue weighted by Gasteiger charge is -2.32. The summed E-state index contributed by atoms with van der Waals surface area (Å²) in [6, 6.07) is 0. The first-order valence-corrected chi connectivity index (χ1v) is 9.75. The third-order valence-corrected chi connectivity index (χ3v) is 5.27. The zero-order valence-corrected chi connectivity index (χ0v) is 14.5. The molecule has 0 radical (unpaired) electrons. The number of unbranched alkanes of at least 4 members (excludes halogenated alkanes) is 7. The van der Waals surface area contributed by atoms with Crippen molar-refractivity contribution in [2.75, 3.05) is 6.61 Å². The minimum absolute atomic E-state index is 0.0948. The second-order valence-corrected chi connectivity index (χ2v) is 7.27. The second kappa shape index (κ2) is 9.89. The van der Waals surface area contributed by atoms with Gasteiger partial charge in [-0.1, -0.05) is 64.7 Å². The SMILES string of the molecule is CCCCCCCCCC[C@H](O)[C@H]1COC2(CCCCC2)O1. The van der Waals surface area contributed by atoms with Gasteiger partial charge in [-0.15, -0.1) is 0 Å². The molecule has 2 atom stereocenters. The van der Waals surface area contributed by atoms with E-state index in [2.05, 4.69) is 6.92 Å². The van der Waals surface area contributed by atoms with Gasteiger partial charge in [0.15, 0.2) is 5.79 Å². The molecular formula is C19H36O3. The highest BCUT2D eigenvalue weighted by molar-refractivity contribution is 4.85. The molecule has 1 spiro atoms. The molecule has 2 aliphatic rings. The van der Waals surface area contributed by atoms with Crippen LogP contribution in [-0.4, -0.2) is 29.7 Å². The fourth-order valence-corrected chi connectivity index (χ4v) is 3.79. The molecule has 0 aromatic rings. The quantitative estimate of drug-likeness (QED) is 0.580. The first-order valence-electron chi connectivity index (χ1n) is 9.75. The van der Waals surface area contributed by atoms with Crippen LogP contribution in [0.2, 0.25) is 0 Å². The number of aliphatic hydroxyl groups excluding tert-OH is 1. The van der Waals surface area contributed by atoms with Crippen molar-refractivity contribution in [3.8, 4) is 0 Å². The van der Waals surface area contributed by atoms with Crippen LogP contribution in [0.25, 0.3) is 0 Å². The largest absolute Gasteiger partial charge is 0.390 e. The molecule has 0 amide bonds. The Morgan fingerprint density at radius 2 is 1.59 bits per heavy atom. The maximum absolute atomic E-state index is 10.3. The highest BCUT2D eigenvalue weighted by Crippen LogP contribution is 2.38. The highest BCUT2D eigenvalue weighted by atomic mass is 16.7. The van der Waals surface area contributed by atoms with Gasteiger partial charge in [0, 0.05) is 12.8 Å². The van der Waals surface area contributed by atoms with E-state index in [1.54, 1.807) is 0 Å². The summed E-state index contributed by atoms with van der Waals surface area (Å²) in [4.78, 5) is 0. The number of ether oxygens (including phenoxy) is 2. The van der Waals surface area contributed by atoms with Gasteiger partial charge in [0.2, 0.25) is 0 Å². The van der Waals surface area contributed by atoms with Gasteiger partial charge in [0.05, 0.1) is 12.7 Å². The van der Waals surface area contributed by atoms with E-state index >= 15 is 0 Å². The summed E-state index contributed by atoms with van der Waals surface area (Å²) in [6.45, 7) is 2.84. The van der Waals surface area contributed by atoms with Crippen LogP contribution in [0.3, 0.4) is 0 Å². The van der Waals surface area contributed by atoms with Crippen LogP contribution >= 0.6 is 0 Å². The Labute approximate surface area is 136 Å². The summed E-state index contributed by atoms with van der Waals surface area (Å²) in [5.74, 6) is -0.344. The third-order valence-electron chi connectivity index (χ3n) is 5.27. The number of aliphatic hydroxyl groups is 1. The maximum atomic E-state index is 10.3. The van der Waals surface area contributed by atoms with Gasteiger partial charge in [-0.3, -0.25) is 0 Å². The van der Waals surface area contributed by atoms with Crippen molar-refractivity contribution in [1.29, 1.82) is 0 Å². The lowest BCUT2D eigenvalue weighted by atomic mass is 9.94. The zero-order valence-electron chi connectivity index (χ0n) is 14.5. The first kappa shape index (κ1) is 18.2. The number of hydrogen-bond acceptors (Lipinski definition) is 3. The summed E-state index contributed by atoms with van der Waals surface area (Å²) < 4.78 is 12.0. The molecule has 2 fully saturated rings. The Morgan fingerprint density at radius 1 is 0.955 bits per heavy atom. The maximum Gasteiger partial charge on any atom is 0.169 e. The molecule has 1 aliphatic carbocycles. The van der Waals surface area contributed by atoms with E-state index < -0.39 is 0 Å². The van der Waals surface area contributed by atoms with Gasteiger partial charge in [0.1, 0.15) is 6.10 Å². The molecule has 130 valence electrons. The van der Waals surface area contributed by atoms with Crippen LogP contribution in [0.1, 0.15) is 96.8 Å². The molecule has 3 heteroatoms. The summed E-state index contributed by atoms with van der Waals surface area (Å²) >= 11 is 0.